The molecule has 4 aromatic rings. The number of aryl methyl sites for hydroxylation is 1. The van der Waals surface area contributed by atoms with Crippen LogP contribution in [0.1, 0.15) is 19.0 Å². The van der Waals surface area contributed by atoms with Gasteiger partial charge in [0, 0.05) is 17.5 Å². The average Bonchev–Trinajstić information content (AvgIpc) is 3.36. The van der Waals surface area contributed by atoms with Crippen LogP contribution in [-0.4, -0.2) is 41.4 Å². The van der Waals surface area contributed by atoms with Crippen LogP contribution in [0.3, 0.4) is 0 Å². The molecule has 2 heterocycles. The van der Waals surface area contributed by atoms with Crippen molar-refractivity contribution in [3.63, 3.8) is 0 Å². The quantitative estimate of drug-likeness (QED) is 0.375. The Bertz CT molecular complexity index is 1410. The molecule has 0 saturated heterocycles. The van der Waals surface area contributed by atoms with Crippen LogP contribution >= 0.6 is 22.9 Å². The average molecular weight is 505 g/mol. The van der Waals surface area contributed by atoms with E-state index in [9.17, 15) is 13.2 Å². The SMILES string of the molecule is CCOc1cccc2sc(-n3nc(C)cc3NC(=O)CCS(=O)(=O)c3ccc(Cl)cc3)nc12. The van der Waals surface area contributed by atoms with Crippen LogP contribution in [0.5, 0.6) is 5.75 Å². The number of anilines is 1. The molecule has 0 atom stereocenters. The van der Waals surface area contributed by atoms with E-state index in [-0.39, 0.29) is 17.1 Å². The number of ether oxygens (including phenoxy) is 1. The molecule has 0 radical (unpaired) electrons. The molecule has 0 unspecified atom stereocenters. The molecule has 11 heteroatoms. The Balaban J connectivity index is 1.52. The highest BCUT2D eigenvalue weighted by Gasteiger charge is 2.19. The monoisotopic (exact) mass is 504 g/mol. The minimum atomic E-state index is -3.62. The third-order valence-corrected chi connectivity index (χ3v) is 7.70. The zero-order valence-corrected chi connectivity index (χ0v) is 20.3. The number of halogens is 1. The van der Waals surface area contributed by atoms with Crippen molar-refractivity contribution in [2.45, 2.75) is 25.2 Å². The summed E-state index contributed by atoms with van der Waals surface area (Å²) in [5.74, 6) is 0.328. The predicted octanol–water partition coefficient (Wildman–Crippen LogP) is 4.65. The number of carbonyl (C=O) groups is 1. The maximum absolute atomic E-state index is 12.6. The Morgan fingerprint density at radius 2 is 1.97 bits per heavy atom. The van der Waals surface area contributed by atoms with Crippen molar-refractivity contribution in [2.75, 3.05) is 17.7 Å². The van der Waals surface area contributed by atoms with Gasteiger partial charge in [-0.15, -0.1) is 0 Å². The van der Waals surface area contributed by atoms with E-state index in [1.54, 1.807) is 17.7 Å². The highest BCUT2D eigenvalue weighted by molar-refractivity contribution is 7.91. The van der Waals surface area contributed by atoms with Crippen LogP contribution in [0.15, 0.2) is 53.4 Å². The first-order valence-electron chi connectivity index (χ1n) is 10.1. The van der Waals surface area contributed by atoms with E-state index < -0.39 is 15.7 Å². The number of thiazole rings is 1. The van der Waals surface area contributed by atoms with Gasteiger partial charge in [0.1, 0.15) is 17.1 Å². The third kappa shape index (κ3) is 5.18. The number of aromatic nitrogens is 3. The fourth-order valence-corrected chi connectivity index (χ4v) is 5.52. The molecule has 0 spiro atoms. The van der Waals surface area contributed by atoms with Crippen LogP contribution in [0, 0.1) is 6.92 Å². The number of hydrogen-bond acceptors (Lipinski definition) is 7. The molecular weight excluding hydrogens is 484 g/mol. The molecular formula is C22H21ClN4O4S2. The van der Waals surface area contributed by atoms with E-state index in [1.165, 1.54) is 35.6 Å². The van der Waals surface area contributed by atoms with Crippen molar-refractivity contribution < 1.29 is 17.9 Å². The number of rotatable bonds is 8. The first-order chi connectivity index (χ1) is 15.8. The summed E-state index contributed by atoms with van der Waals surface area (Å²) in [7, 11) is -3.62. The van der Waals surface area contributed by atoms with Gasteiger partial charge >= 0.3 is 0 Å². The number of sulfone groups is 1. The summed E-state index contributed by atoms with van der Waals surface area (Å²) in [6, 6.07) is 13.3. The standard InChI is InChI=1S/C22H21ClN4O4S2/c1-3-31-17-5-4-6-18-21(17)25-22(32-18)27-19(13-14(2)26-27)24-20(28)11-12-33(29,30)16-9-7-15(23)8-10-16/h4-10,13H,3,11-12H2,1-2H3,(H,24,28). The molecule has 0 aliphatic heterocycles. The normalized spacial score (nSPS) is 11.6. The smallest absolute Gasteiger partial charge is 0.226 e. The number of amides is 1. The van der Waals surface area contributed by atoms with Gasteiger partial charge in [-0.25, -0.2) is 13.4 Å². The lowest BCUT2D eigenvalue weighted by atomic mass is 10.3. The van der Waals surface area contributed by atoms with Crippen molar-refractivity contribution in [1.29, 1.82) is 0 Å². The Labute approximate surface area is 200 Å². The Morgan fingerprint density at radius 3 is 2.70 bits per heavy atom. The summed E-state index contributed by atoms with van der Waals surface area (Å²) in [4.78, 5) is 17.3. The molecule has 8 nitrogen and oxygen atoms in total. The van der Waals surface area contributed by atoms with Crippen LogP contribution in [0.2, 0.25) is 5.02 Å². The highest BCUT2D eigenvalue weighted by atomic mass is 35.5. The molecule has 33 heavy (non-hydrogen) atoms. The molecule has 4 rings (SSSR count). The van der Waals surface area contributed by atoms with Gasteiger partial charge in [0.05, 0.1) is 27.6 Å². The van der Waals surface area contributed by atoms with Gasteiger partial charge in [-0.1, -0.05) is 29.0 Å². The second-order valence-corrected chi connectivity index (χ2v) is 10.7. The van der Waals surface area contributed by atoms with Crippen LogP contribution in [0.25, 0.3) is 15.3 Å². The summed E-state index contributed by atoms with van der Waals surface area (Å²) < 4.78 is 33.2. The van der Waals surface area contributed by atoms with E-state index in [2.05, 4.69) is 15.4 Å². The van der Waals surface area contributed by atoms with Crippen molar-refractivity contribution >= 4 is 54.7 Å². The number of carbonyl (C=O) groups excluding carboxylic acids is 1. The molecule has 172 valence electrons. The fourth-order valence-electron chi connectivity index (χ4n) is 3.20. The summed E-state index contributed by atoms with van der Waals surface area (Å²) in [5.41, 5.74) is 1.40. The number of hydrogen-bond donors (Lipinski definition) is 1. The Kier molecular flexibility index (Phi) is 6.68. The minimum absolute atomic E-state index is 0.125. The number of nitrogens with one attached hydrogen (secondary N) is 1. The molecule has 0 saturated carbocycles. The first-order valence-corrected chi connectivity index (χ1v) is 13.0. The lowest BCUT2D eigenvalue weighted by molar-refractivity contribution is -0.115. The van der Waals surface area contributed by atoms with Crippen LogP contribution < -0.4 is 10.1 Å². The van der Waals surface area contributed by atoms with Gasteiger partial charge in [-0.2, -0.15) is 9.78 Å². The van der Waals surface area contributed by atoms with Gasteiger partial charge < -0.3 is 10.1 Å². The molecule has 2 aromatic heterocycles. The third-order valence-electron chi connectivity index (χ3n) is 4.72. The Hall–Kier alpha value is -2.95. The Morgan fingerprint density at radius 1 is 1.21 bits per heavy atom. The largest absolute Gasteiger partial charge is 0.492 e. The number of benzene rings is 2. The number of fused-ring (bicyclic) bond motifs is 1. The molecule has 1 amide bonds. The van der Waals surface area contributed by atoms with Gasteiger partial charge in [0.25, 0.3) is 0 Å². The molecule has 0 bridgehead atoms. The van der Waals surface area contributed by atoms with E-state index in [0.29, 0.717) is 34.0 Å². The predicted molar refractivity (Wildman–Crippen MR) is 129 cm³/mol. The highest BCUT2D eigenvalue weighted by Crippen LogP contribution is 2.32. The van der Waals surface area contributed by atoms with Gasteiger partial charge in [0.15, 0.2) is 9.84 Å². The van der Waals surface area contributed by atoms with Crippen molar-refractivity contribution in [3.05, 3.63) is 59.2 Å². The van der Waals surface area contributed by atoms with E-state index in [4.69, 9.17) is 16.3 Å². The lowest BCUT2D eigenvalue weighted by Gasteiger charge is -2.07. The second kappa shape index (κ2) is 9.50. The second-order valence-electron chi connectivity index (χ2n) is 7.19. The first kappa shape index (κ1) is 23.2. The maximum atomic E-state index is 12.6. The van der Waals surface area contributed by atoms with Crippen LogP contribution in [-0.2, 0) is 14.6 Å². The van der Waals surface area contributed by atoms with E-state index >= 15 is 0 Å². The summed E-state index contributed by atoms with van der Waals surface area (Å²) in [6.07, 6.45) is -0.205. The lowest BCUT2D eigenvalue weighted by Crippen LogP contribution is -2.19. The molecule has 0 aliphatic carbocycles. The van der Waals surface area contributed by atoms with Crippen molar-refractivity contribution in [1.82, 2.24) is 14.8 Å². The van der Waals surface area contributed by atoms with Crippen molar-refractivity contribution in [3.8, 4) is 10.9 Å². The van der Waals surface area contributed by atoms with Gasteiger partial charge in [-0.05, 0) is 50.2 Å². The maximum Gasteiger partial charge on any atom is 0.226 e. The number of nitrogens with zero attached hydrogens (tertiary/aromatic N) is 3. The molecule has 1 N–H and O–H groups in total. The molecule has 2 aromatic carbocycles. The summed E-state index contributed by atoms with van der Waals surface area (Å²) >= 11 is 7.23. The van der Waals surface area contributed by atoms with E-state index in [1.807, 2.05) is 25.1 Å². The van der Waals surface area contributed by atoms with Gasteiger partial charge in [-0.3, -0.25) is 4.79 Å². The number of para-hydroxylation sites is 1. The zero-order valence-electron chi connectivity index (χ0n) is 17.9. The summed E-state index contributed by atoms with van der Waals surface area (Å²) in [6.45, 7) is 4.23. The zero-order chi connectivity index (χ0) is 23.6. The topological polar surface area (TPSA) is 103 Å². The summed E-state index contributed by atoms with van der Waals surface area (Å²) in [5, 5.41) is 8.21. The van der Waals surface area contributed by atoms with Gasteiger partial charge in [0.2, 0.25) is 11.0 Å². The van der Waals surface area contributed by atoms with Crippen molar-refractivity contribution in [2.24, 2.45) is 0 Å². The molecule has 0 fully saturated rings. The fraction of sp³-hybridized carbons (Fsp3) is 0.227. The minimum Gasteiger partial charge on any atom is -0.492 e. The van der Waals surface area contributed by atoms with Crippen LogP contribution in [0.4, 0.5) is 5.82 Å². The van der Waals surface area contributed by atoms with E-state index in [0.717, 1.165) is 10.2 Å². The molecule has 0 aliphatic rings.